The molecular weight excluding hydrogens is 399 g/mol. The van der Waals surface area contributed by atoms with E-state index in [0.29, 0.717) is 17.2 Å². The van der Waals surface area contributed by atoms with Crippen molar-refractivity contribution in [3.8, 4) is 11.1 Å². The van der Waals surface area contributed by atoms with Crippen molar-refractivity contribution < 1.29 is 19.3 Å². The lowest BCUT2D eigenvalue weighted by atomic mass is 10.1. The van der Waals surface area contributed by atoms with Gasteiger partial charge < -0.3 is 24.8 Å². The van der Waals surface area contributed by atoms with Gasteiger partial charge in [0.15, 0.2) is 6.23 Å². The van der Waals surface area contributed by atoms with Crippen LogP contribution in [0, 0.1) is 5.82 Å². The van der Waals surface area contributed by atoms with Crippen LogP contribution in [-0.2, 0) is 4.74 Å². The molecule has 1 fully saturated rings. The molecule has 158 valence electrons. The van der Waals surface area contributed by atoms with Gasteiger partial charge in [-0.2, -0.15) is 0 Å². The number of fused-ring (bicyclic) bond motifs is 1. The summed E-state index contributed by atoms with van der Waals surface area (Å²) >= 11 is 0. The minimum atomic E-state index is -1.10. The number of anilines is 2. The fraction of sp³-hybridized carbons (Fsp3) is 0.217. The quantitative estimate of drug-likeness (QED) is 0.467. The number of nitrogens with zero attached hydrogens (tertiary/aromatic N) is 3. The number of nitrogens with one attached hydrogen (secondary N) is 1. The number of hydrogen-bond donors (Lipinski definition) is 3. The molecule has 3 N–H and O–H groups in total. The highest BCUT2D eigenvalue weighted by atomic mass is 19.1. The minimum Gasteiger partial charge on any atom is -0.388 e. The summed E-state index contributed by atoms with van der Waals surface area (Å²) in [4.78, 5) is 8.87. The van der Waals surface area contributed by atoms with Crippen molar-refractivity contribution >= 4 is 22.5 Å². The zero-order chi connectivity index (χ0) is 21.5. The van der Waals surface area contributed by atoms with E-state index in [1.165, 1.54) is 18.5 Å². The van der Waals surface area contributed by atoms with Crippen molar-refractivity contribution in [3.05, 3.63) is 72.9 Å². The number of aliphatic hydroxyl groups excluding tert-OH is 2. The molecule has 1 unspecified atom stereocenters. The Morgan fingerprint density at radius 3 is 2.42 bits per heavy atom. The summed E-state index contributed by atoms with van der Waals surface area (Å²) < 4.78 is 20.9. The van der Waals surface area contributed by atoms with Crippen LogP contribution in [-0.4, -0.2) is 43.1 Å². The Hall–Kier alpha value is -3.33. The predicted octanol–water partition coefficient (Wildman–Crippen LogP) is 3.62. The molecule has 1 saturated heterocycles. The number of hydrogen-bond acceptors (Lipinski definition) is 6. The highest BCUT2D eigenvalue weighted by Crippen LogP contribution is 2.39. The molecule has 2 aromatic carbocycles. The van der Waals surface area contributed by atoms with Crippen molar-refractivity contribution in [2.45, 2.75) is 31.5 Å². The van der Waals surface area contributed by atoms with Crippen LogP contribution in [0.2, 0.25) is 0 Å². The van der Waals surface area contributed by atoms with Gasteiger partial charge >= 0.3 is 0 Å². The van der Waals surface area contributed by atoms with Crippen molar-refractivity contribution in [1.82, 2.24) is 14.5 Å². The second-order valence-electron chi connectivity index (χ2n) is 7.58. The van der Waals surface area contributed by atoms with E-state index in [0.717, 1.165) is 16.5 Å². The topological polar surface area (TPSA) is 92.4 Å². The monoisotopic (exact) mass is 420 g/mol. The van der Waals surface area contributed by atoms with E-state index in [2.05, 4.69) is 15.3 Å². The van der Waals surface area contributed by atoms with Crippen LogP contribution in [0.4, 0.5) is 15.9 Å². The molecule has 5 rings (SSSR count). The van der Waals surface area contributed by atoms with Gasteiger partial charge in [-0.05, 0) is 36.8 Å². The first-order valence-corrected chi connectivity index (χ1v) is 9.98. The standard InChI is InChI=1S/C23H21FN4O3/c1-13-19(29)20(30)23(31-13)28-11-17(14-5-3-2-4-6-14)18-21(25-12-26-22(18)28)27-16-9-7-15(24)8-10-16/h2-13,19-20,23,29-30H,1H3,(H,25,26,27)/t13?,19-,20-,23-/m1/s1. The SMILES string of the molecule is CC1O[C@@H](n2cc(-c3ccccc3)c3c(Nc4ccc(F)cc4)ncnc32)[C@H](O)[C@@H]1O. The summed E-state index contributed by atoms with van der Waals surface area (Å²) in [6.07, 6.45) is -0.141. The Morgan fingerprint density at radius 2 is 1.74 bits per heavy atom. The smallest absolute Gasteiger partial charge is 0.164 e. The van der Waals surface area contributed by atoms with Gasteiger partial charge in [0.2, 0.25) is 0 Å². The summed E-state index contributed by atoms with van der Waals surface area (Å²) in [5, 5.41) is 24.7. The van der Waals surface area contributed by atoms with Crippen LogP contribution in [0.3, 0.4) is 0 Å². The van der Waals surface area contributed by atoms with E-state index in [1.54, 1.807) is 23.6 Å². The number of benzene rings is 2. The molecule has 31 heavy (non-hydrogen) atoms. The van der Waals surface area contributed by atoms with Crippen LogP contribution >= 0.6 is 0 Å². The third-order valence-corrected chi connectivity index (χ3v) is 5.55. The maximum Gasteiger partial charge on any atom is 0.164 e. The molecule has 0 saturated carbocycles. The summed E-state index contributed by atoms with van der Waals surface area (Å²) in [6, 6.07) is 15.7. The molecule has 3 heterocycles. The van der Waals surface area contributed by atoms with Gasteiger partial charge in [0.05, 0.1) is 11.5 Å². The predicted molar refractivity (Wildman–Crippen MR) is 114 cm³/mol. The molecule has 4 aromatic rings. The van der Waals surface area contributed by atoms with Crippen molar-refractivity contribution in [2.75, 3.05) is 5.32 Å². The summed E-state index contributed by atoms with van der Waals surface area (Å²) in [5.74, 6) is 0.213. The minimum absolute atomic E-state index is 0.324. The van der Waals surface area contributed by atoms with E-state index in [4.69, 9.17) is 4.74 Å². The molecular formula is C23H21FN4O3. The molecule has 4 atom stereocenters. The number of aliphatic hydroxyl groups is 2. The molecule has 7 nitrogen and oxygen atoms in total. The number of rotatable bonds is 4. The van der Waals surface area contributed by atoms with Gasteiger partial charge in [-0.3, -0.25) is 0 Å². The lowest BCUT2D eigenvalue weighted by molar-refractivity contribution is -0.0295. The second-order valence-corrected chi connectivity index (χ2v) is 7.58. The highest BCUT2D eigenvalue weighted by molar-refractivity contribution is 6.02. The van der Waals surface area contributed by atoms with Crippen molar-refractivity contribution in [1.29, 1.82) is 0 Å². The van der Waals surface area contributed by atoms with Crippen LogP contribution in [0.1, 0.15) is 13.2 Å². The van der Waals surface area contributed by atoms with E-state index < -0.39 is 24.5 Å². The number of ether oxygens (including phenoxy) is 1. The molecule has 8 heteroatoms. The summed E-state index contributed by atoms with van der Waals surface area (Å²) in [6.45, 7) is 1.72. The average Bonchev–Trinajstić information content (AvgIpc) is 3.30. The Balaban J connectivity index is 1.69. The average molecular weight is 420 g/mol. The maximum absolute atomic E-state index is 13.3. The van der Waals surface area contributed by atoms with Gasteiger partial charge in [-0.25, -0.2) is 14.4 Å². The van der Waals surface area contributed by atoms with E-state index >= 15 is 0 Å². The van der Waals surface area contributed by atoms with Gasteiger partial charge in [0, 0.05) is 17.4 Å². The van der Waals surface area contributed by atoms with Crippen LogP contribution in [0.5, 0.6) is 0 Å². The lowest BCUT2D eigenvalue weighted by Gasteiger charge is -2.17. The molecule has 1 aliphatic rings. The Kier molecular flexibility index (Phi) is 4.90. The van der Waals surface area contributed by atoms with Crippen molar-refractivity contribution in [2.24, 2.45) is 0 Å². The zero-order valence-electron chi connectivity index (χ0n) is 16.7. The number of halogens is 1. The number of aromatic nitrogens is 3. The molecule has 0 spiro atoms. The fourth-order valence-electron chi connectivity index (χ4n) is 3.94. The van der Waals surface area contributed by atoms with Gasteiger partial charge in [-0.15, -0.1) is 0 Å². The molecule has 0 aliphatic carbocycles. The first-order valence-electron chi connectivity index (χ1n) is 9.98. The normalized spacial score (nSPS) is 23.4. The third kappa shape index (κ3) is 3.44. The van der Waals surface area contributed by atoms with E-state index in [-0.39, 0.29) is 5.82 Å². The molecule has 1 aliphatic heterocycles. The lowest BCUT2D eigenvalue weighted by Crippen LogP contribution is -2.30. The summed E-state index contributed by atoms with van der Waals surface area (Å²) in [7, 11) is 0. The van der Waals surface area contributed by atoms with E-state index in [9.17, 15) is 14.6 Å². The van der Waals surface area contributed by atoms with Crippen LogP contribution < -0.4 is 5.32 Å². The van der Waals surface area contributed by atoms with Gasteiger partial charge in [0.1, 0.15) is 35.8 Å². The maximum atomic E-state index is 13.3. The Morgan fingerprint density at radius 1 is 1.00 bits per heavy atom. The molecule has 0 radical (unpaired) electrons. The first kappa shape index (κ1) is 19.6. The third-order valence-electron chi connectivity index (χ3n) is 5.55. The van der Waals surface area contributed by atoms with Crippen LogP contribution in [0.25, 0.3) is 22.2 Å². The van der Waals surface area contributed by atoms with Crippen LogP contribution in [0.15, 0.2) is 67.1 Å². The molecule has 0 bridgehead atoms. The van der Waals surface area contributed by atoms with Gasteiger partial charge in [-0.1, -0.05) is 30.3 Å². The summed E-state index contributed by atoms with van der Waals surface area (Å²) in [5.41, 5.74) is 2.99. The van der Waals surface area contributed by atoms with Gasteiger partial charge in [0.25, 0.3) is 0 Å². The second kappa shape index (κ2) is 7.73. The van der Waals surface area contributed by atoms with E-state index in [1.807, 2.05) is 36.5 Å². The largest absolute Gasteiger partial charge is 0.388 e. The Bertz CT molecular complexity index is 1210. The first-order chi connectivity index (χ1) is 15.0. The Labute approximate surface area is 177 Å². The van der Waals surface area contributed by atoms with Crippen molar-refractivity contribution in [3.63, 3.8) is 0 Å². The highest BCUT2D eigenvalue weighted by Gasteiger charge is 2.42. The molecule has 2 aromatic heterocycles. The molecule has 0 amide bonds. The fourth-order valence-corrected chi connectivity index (χ4v) is 3.94. The zero-order valence-corrected chi connectivity index (χ0v) is 16.7.